The van der Waals surface area contributed by atoms with Crippen molar-refractivity contribution in [3.8, 4) is 0 Å². The summed E-state index contributed by atoms with van der Waals surface area (Å²) in [6.45, 7) is 10.3. The van der Waals surface area contributed by atoms with Crippen LogP contribution in [0, 0.1) is 27.7 Å². The molecule has 0 N–H and O–H groups in total. The lowest BCUT2D eigenvalue weighted by Gasteiger charge is -2.13. The molecule has 6 nitrogen and oxygen atoms in total. The van der Waals surface area contributed by atoms with Crippen LogP contribution >= 0.6 is 77.7 Å². The molecule has 0 aliphatic carbocycles. The molecule has 0 saturated carbocycles. The first kappa shape index (κ1) is 30.2. The summed E-state index contributed by atoms with van der Waals surface area (Å²) < 4.78 is 1.58. The van der Waals surface area contributed by atoms with Crippen LogP contribution < -0.4 is 0 Å². The van der Waals surface area contributed by atoms with E-state index in [1.165, 1.54) is 22.7 Å². The Morgan fingerprint density at radius 1 is 0.784 bits per heavy atom. The number of amides is 2. The third kappa shape index (κ3) is 5.70. The zero-order chi connectivity index (χ0) is 27.9. The molecule has 0 spiro atoms. The van der Waals surface area contributed by atoms with Crippen molar-refractivity contribution >= 4 is 110 Å². The van der Waals surface area contributed by atoms with Crippen LogP contribution in [0.15, 0.2) is 8.95 Å². The van der Waals surface area contributed by atoms with Gasteiger partial charge in [-0.15, -0.1) is 22.7 Å². The SMILES string of the molecule is CCN(C)C(=O)c1sc2nc(C)c(Cl)c(C)c2c1Br.Cc1nc2sc(C(=O)N(C)C)c(Br)c2c(C)c1Cl. The van der Waals surface area contributed by atoms with Crippen molar-refractivity contribution in [2.24, 2.45) is 0 Å². The van der Waals surface area contributed by atoms with Crippen molar-refractivity contribution in [1.82, 2.24) is 19.8 Å². The summed E-state index contributed by atoms with van der Waals surface area (Å²) in [5, 5.41) is 3.19. The highest BCUT2D eigenvalue weighted by Gasteiger charge is 2.23. The largest absolute Gasteiger partial charge is 0.344 e. The van der Waals surface area contributed by atoms with E-state index in [1.807, 2.05) is 34.6 Å². The lowest BCUT2D eigenvalue weighted by atomic mass is 10.1. The molecule has 12 heteroatoms. The van der Waals surface area contributed by atoms with Crippen molar-refractivity contribution in [1.29, 1.82) is 0 Å². The average molecular weight is 709 g/mol. The normalized spacial score (nSPS) is 11.0. The molecule has 0 aliphatic rings. The second-order valence-corrected chi connectivity index (χ2v) is 13.0. The molecule has 0 fully saturated rings. The number of hydrogen-bond donors (Lipinski definition) is 0. The Balaban J connectivity index is 0.000000206. The van der Waals surface area contributed by atoms with Gasteiger partial charge in [0, 0.05) is 38.5 Å². The van der Waals surface area contributed by atoms with Gasteiger partial charge in [-0.1, -0.05) is 23.2 Å². The third-order valence-corrected chi connectivity index (χ3v) is 11.2. The fourth-order valence-corrected chi connectivity index (χ4v) is 8.26. The quantitative estimate of drug-likeness (QED) is 0.214. The fourth-order valence-electron chi connectivity index (χ4n) is 3.57. The Bertz CT molecular complexity index is 1550. The molecule has 2 amide bonds. The maximum absolute atomic E-state index is 12.3. The lowest BCUT2D eigenvalue weighted by molar-refractivity contribution is 0.0804. The number of rotatable bonds is 3. The van der Waals surface area contributed by atoms with Crippen molar-refractivity contribution < 1.29 is 9.59 Å². The first-order chi connectivity index (χ1) is 17.2. The van der Waals surface area contributed by atoms with E-state index in [9.17, 15) is 9.59 Å². The van der Waals surface area contributed by atoms with E-state index in [-0.39, 0.29) is 11.8 Å². The molecule has 37 heavy (non-hydrogen) atoms. The number of hydrogen-bond acceptors (Lipinski definition) is 6. The number of halogens is 4. The second-order valence-electron chi connectivity index (χ2n) is 8.64. The molecular formula is C25H26Br2Cl2N4O2S2. The summed E-state index contributed by atoms with van der Waals surface area (Å²) in [6, 6.07) is 0. The van der Waals surface area contributed by atoms with Gasteiger partial charge in [0.1, 0.15) is 19.4 Å². The van der Waals surface area contributed by atoms with E-state index < -0.39 is 0 Å². The number of thiophene rings is 2. The van der Waals surface area contributed by atoms with Gasteiger partial charge in [-0.25, -0.2) is 9.97 Å². The Kier molecular flexibility index (Phi) is 9.68. The monoisotopic (exact) mass is 706 g/mol. The van der Waals surface area contributed by atoms with Gasteiger partial charge < -0.3 is 9.80 Å². The molecule has 198 valence electrons. The van der Waals surface area contributed by atoms with E-state index in [0.29, 0.717) is 26.3 Å². The topological polar surface area (TPSA) is 66.4 Å². The van der Waals surface area contributed by atoms with Crippen LogP contribution in [0.1, 0.15) is 48.8 Å². The number of nitrogens with zero attached hydrogens (tertiary/aromatic N) is 4. The van der Waals surface area contributed by atoms with Gasteiger partial charge in [-0.2, -0.15) is 0 Å². The highest BCUT2D eigenvalue weighted by Crippen LogP contribution is 2.41. The molecule has 4 heterocycles. The predicted molar refractivity (Wildman–Crippen MR) is 164 cm³/mol. The molecule has 0 aliphatic heterocycles. The summed E-state index contributed by atoms with van der Waals surface area (Å²) in [5.41, 5.74) is 3.51. The van der Waals surface area contributed by atoms with Crippen LogP contribution in [-0.4, -0.2) is 59.3 Å². The van der Waals surface area contributed by atoms with Crippen LogP contribution in [0.2, 0.25) is 10.0 Å². The molecule has 0 atom stereocenters. The molecule has 4 aromatic rings. The smallest absolute Gasteiger partial charge is 0.264 e. The van der Waals surface area contributed by atoms with Crippen LogP contribution in [0.4, 0.5) is 0 Å². The molecule has 0 bridgehead atoms. The number of pyridine rings is 2. The highest BCUT2D eigenvalue weighted by molar-refractivity contribution is 9.11. The maximum Gasteiger partial charge on any atom is 0.264 e. The highest BCUT2D eigenvalue weighted by atomic mass is 79.9. The Hall–Kier alpha value is -1.30. The summed E-state index contributed by atoms with van der Waals surface area (Å²) in [5.74, 6) is -0.0244. The van der Waals surface area contributed by atoms with Gasteiger partial charge in [-0.3, -0.25) is 9.59 Å². The summed E-state index contributed by atoms with van der Waals surface area (Å²) in [4.78, 5) is 39.5. The van der Waals surface area contributed by atoms with Gasteiger partial charge in [0.25, 0.3) is 11.8 Å². The fraction of sp³-hybridized carbons (Fsp3) is 0.360. The van der Waals surface area contributed by atoms with Crippen LogP contribution in [0.5, 0.6) is 0 Å². The molecule has 0 saturated heterocycles. The molecule has 0 unspecified atom stereocenters. The van der Waals surface area contributed by atoms with Crippen LogP contribution in [0.25, 0.3) is 20.4 Å². The van der Waals surface area contributed by atoms with Gasteiger partial charge in [-0.05, 0) is 77.6 Å². The summed E-state index contributed by atoms with van der Waals surface area (Å²) >= 11 is 22.3. The van der Waals surface area contributed by atoms with E-state index in [2.05, 4.69) is 41.8 Å². The number of aryl methyl sites for hydroxylation is 4. The number of carbonyl (C=O) groups is 2. The zero-order valence-corrected chi connectivity index (χ0v) is 28.0. The zero-order valence-electron chi connectivity index (χ0n) is 21.6. The predicted octanol–water partition coefficient (Wildman–Crippen LogP) is 8.45. The summed E-state index contributed by atoms with van der Waals surface area (Å²) in [7, 11) is 5.26. The van der Waals surface area contributed by atoms with Gasteiger partial charge in [0.2, 0.25) is 0 Å². The molecule has 4 aromatic heterocycles. The minimum Gasteiger partial charge on any atom is -0.344 e. The van der Waals surface area contributed by atoms with Gasteiger partial charge in [0.15, 0.2) is 0 Å². The Morgan fingerprint density at radius 2 is 1.16 bits per heavy atom. The first-order valence-corrected chi connectivity index (χ1v) is 15.2. The minimum atomic E-state index is -0.0296. The van der Waals surface area contributed by atoms with E-state index in [0.717, 1.165) is 51.9 Å². The first-order valence-electron chi connectivity index (χ1n) is 11.2. The number of fused-ring (bicyclic) bond motifs is 2. The van der Waals surface area contributed by atoms with Crippen LogP contribution in [-0.2, 0) is 0 Å². The molecule has 0 aromatic carbocycles. The van der Waals surface area contributed by atoms with E-state index in [1.54, 1.807) is 30.9 Å². The number of aromatic nitrogens is 2. The van der Waals surface area contributed by atoms with Crippen LogP contribution in [0.3, 0.4) is 0 Å². The average Bonchev–Trinajstić information content (AvgIpc) is 3.36. The standard InChI is InChI=1S/C13H14BrClN2OS.C12H12BrClN2OS/c1-5-17(4)13(18)11-9(14)8-6(2)10(15)7(3)16-12(8)19-11;1-5-7-8(13)10(12(17)16(3)4)18-11(7)15-6(2)9(5)14/h5H2,1-4H3;1-4H3. The molecule has 0 radical (unpaired) electrons. The van der Waals surface area contributed by atoms with Crippen molar-refractivity contribution in [2.45, 2.75) is 34.6 Å². The molecular weight excluding hydrogens is 683 g/mol. The third-order valence-electron chi connectivity index (χ3n) is 5.86. The Labute approximate surface area is 251 Å². The van der Waals surface area contributed by atoms with Gasteiger partial charge >= 0.3 is 0 Å². The van der Waals surface area contributed by atoms with Crippen molar-refractivity contribution in [3.63, 3.8) is 0 Å². The second kappa shape index (κ2) is 11.8. The van der Waals surface area contributed by atoms with Gasteiger partial charge in [0.05, 0.1) is 30.4 Å². The van der Waals surface area contributed by atoms with Crippen molar-refractivity contribution in [2.75, 3.05) is 27.7 Å². The van der Waals surface area contributed by atoms with E-state index in [4.69, 9.17) is 23.2 Å². The number of carbonyl (C=O) groups excluding carboxylic acids is 2. The molecule has 4 rings (SSSR count). The van der Waals surface area contributed by atoms with E-state index >= 15 is 0 Å². The Morgan fingerprint density at radius 3 is 1.51 bits per heavy atom. The maximum atomic E-state index is 12.3. The minimum absolute atomic E-state index is 0.00514. The van der Waals surface area contributed by atoms with Crippen molar-refractivity contribution in [3.05, 3.63) is 51.3 Å². The lowest BCUT2D eigenvalue weighted by Crippen LogP contribution is -2.25. The summed E-state index contributed by atoms with van der Waals surface area (Å²) in [6.07, 6.45) is 0.